The molecule has 0 saturated heterocycles. The molecule has 0 atom stereocenters. The first-order valence-electron chi connectivity index (χ1n) is 8.32. The van der Waals surface area contributed by atoms with E-state index < -0.39 is 0 Å². The van der Waals surface area contributed by atoms with Gasteiger partial charge in [-0.05, 0) is 51.0 Å². The van der Waals surface area contributed by atoms with Crippen molar-refractivity contribution in [1.82, 2.24) is 9.88 Å². The van der Waals surface area contributed by atoms with Crippen LogP contribution in [0.4, 0.5) is 0 Å². The van der Waals surface area contributed by atoms with Gasteiger partial charge in [0.25, 0.3) is 0 Å². The van der Waals surface area contributed by atoms with Crippen LogP contribution in [0.3, 0.4) is 0 Å². The molecule has 1 aromatic carbocycles. The molecule has 0 aliphatic rings. The second kappa shape index (κ2) is 8.97. The van der Waals surface area contributed by atoms with E-state index in [9.17, 15) is 4.79 Å². The average molecular weight is 362 g/mol. The van der Waals surface area contributed by atoms with Crippen molar-refractivity contribution in [1.29, 1.82) is 0 Å². The number of hydrogen-bond donors (Lipinski definition) is 0. The Morgan fingerprint density at radius 3 is 2.68 bits per heavy atom. The predicted molar refractivity (Wildman–Crippen MR) is 99.9 cm³/mol. The molecular weight excluding hydrogens is 336 g/mol. The van der Waals surface area contributed by atoms with Gasteiger partial charge in [-0.25, -0.2) is 4.98 Å². The lowest BCUT2D eigenvalue weighted by Crippen LogP contribution is -2.38. The number of aryl methyl sites for hydroxylation is 2. The van der Waals surface area contributed by atoms with Crippen LogP contribution in [-0.4, -0.2) is 35.5 Å². The summed E-state index contributed by atoms with van der Waals surface area (Å²) >= 11 is 1.55. The summed E-state index contributed by atoms with van der Waals surface area (Å²) in [6.07, 6.45) is 0. The number of thiazole rings is 1. The zero-order chi connectivity index (χ0) is 18.4. The van der Waals surface area contributed by atoms with Crippen molar-refractivity contribution in [3.63, 3.8) is 0 Å². The lowest BCUT2D eigenvalue weighted by molar-refractivity contribution is -0.137. The van der Waals surface area contributed by atoms with Gasteiger partial charge in [0.15, 0.2) is 0 Å². The van der Waals surface area contributed by atoms with Crippen molar-refractivity contribution >= 4 is 17.2 Å². The molecule has 0 saturated carbocycles. The standard InChI is InChI=1S/C19H26N2O3S/c1-13(2)21(19(22)11-23-5)9-16-12-25-18(20-16)10-24-17-7-6-14(3)15(4)8-17/h6-8,12-13H,9-11H2,1-5H3. The highest BCUT2D eigenvalue weighted by atomic mass is 32.1. The Kier molecular flexibility index (Phi) is 6.96. The van der Waals surface area contributed by atoms with Crippen LogP contribution in [0.15, 0.2) is 23.6 Å². The van der Waals surface area contributed by atoms with Crippen molar-refractivity contribution in [2.75, 3.05) is 13.7 Å². The summed E-state index contributed by atoms with van der Waals surface area (Å²) < 4.78 is 10.8. The Morgan fingerprint density at radius 1 is 1.28 bits per heavy atom. The normalized spacial score (nSPS) is 11.0. The van der Waals surface area contributed by atoms with Crippen molar-refractivity contribution in [3.8, 4) is 5.75 Å². The van der Waals surface area contributed by atoms with Gasteiger partial charge in [-0.15, -0.1) is 11.3 Å². The van der Waals surface area contributed by atoms with E-state index in [4.69, 9.17) is 9.47 Å². The number of methoxy groups -OCH3 is 1. The van der Waals surface area contributed by atoms with Crippen LogP contribution in [-0.2, 0) is 22.7 Å². The van der Waals surface area contributed by atoms with Gasteiger partial charge in [0, 0.05) is 18.5 Å². The van der Waals surface area contributed by atoms with Crippen LogP contribution in [0.1, 0.15) is 35.7 Å². The molecule has 0 bridgehead atoms. The monoisotopic (exact) mass is 362 g/mol. The van der Waals surface area contributed by atoms with Crippen LogP contribution in [0.2, 0.25) is 0 Å². The van der Waals surface area contributed by atoms with Gasteiger partial charge >= 0.3 is 0 Å². The predicted octanol–water partition coefficient (Wildman–Crippen LogP) is 3.72. The Bertz CT molecular complexity index is 712. The Labute approximate surface area is 153 Å². The van der Waals surface area contributed by atoms with E-state index in [1.54, 1.807) is 16.2 Å². The zero-order valence-corrected chi connectivity index (χ0v) is 16.4. The third kappa shape index (κ3) is 5.54. The van der Waals surface area contributed by atoms with Crippen molar-refractivity contribution in [2.45, 2.75) is 46.9 Å². The van der Waals surface area contributed by atoms with Gasteiger partial charge in [0.05, 0.1) is 12.2 Å². The highest BCUT2D eigenvalue weighted by molar-refractivity contribution is 7.09. The van der Waals surface area contributed by atoms with Gasteiger partial charge < -0.3 is 14.4 Å². The summed E-state index contributed by atoms with van der Waals surface area (Å²) in [5, 5.41) is 2.88. The summed E-state index contributed by atoms with van der Waals surface area (Å²) in [5.41, 5.74) is 3.33. The van der Waals surface area contributed by atoms with Crippen LogP contribution in [0.25, 0.3) is 0 Å². The fraction of sp³-hybridized carbons (Fsp3) is 0.474. The molecule has 0 aliphatic carbocycles. The third-order valence-corrected chi connectivity index (χ3v) is 4.85. The molecule has 0 fully saturated rings. The summed E-state index contributed by atoms with van der Waals surface area (Å²) in [4.78, 5) is 18.5. The number of benzene rings is 1. The molecule has 1 aromatic heterocycles. The van der Waals surface area contributed by atoms with Gasteiger partial charge in [-0.2, -0.15) is 0 Å². The van der Waals surface area contributed by atoms with E-state index in [1.807, 2.05) is 31.4 Å². The fourth-order valence-electron chi connectivity index (χ4n) is 2.38. The molecule has 2 aromatic rings. The van der Waals surface area contributed by atoms with Gasteiger partial charge in [0.1, 0.15) is 24.0 Å². The SMILES string of the molecule is COCC(=O)N(Cc1csc(COc2ccc(C)c(C)c2)n1)C(C)C. The van der Waals surface area contributed by atoms with Crippen LogP contribution in [0, 0.1) is 13.8 Å². The number of hydrogen-bond acceptors (Lipinski definition) is 5. The third-order valence-electron chi connectivity index (χ3n) is 3.98. The Balaban J connectivity index is 1.96. The lowest BCUT2D eigenvalue weighted by Gasteiger charge is -2.25. The molecule has 5 nitrogen and oxygen atoms in total. The number of carbonyl (C=O) groups is 1. The molecule has 0 unspecified atom stereocenters. The first kappa shape index (κ1) is 19.4. The molecule has 25 heavy (non-hydrogen) atoms. The second-order valence-corrected chi connectivity index (χ2v) is 7.26. The maximum atomic E-state index is 12.1. The minimum absolute atomic E-state index is 0.0292. The molecular formula is C19H26N2O3S. The van der Waals surface area contributed by atoms with E-state index in [0.29, 0.717) is 13.2 Å². The summed E-state index contributed by atoms with van der Waals surface area (Å²) in [5.74, 6) is 0.817. The Morgan fingerprint density at radius 2 is 2.04 bits per heavy atom. The van der Waals surface area contributed by atoms with E-state index in [1.165, 1.54) is 18.2 Å². The van der Waals surface area contributed by atoms with Crippen LogP contribution >= 0.6 is 11.3 Å². The highest BCUT2D eigenvalue weighted by Gasteiger charge is 2.18. The van der Waals surface area contributed by atoms with Gasteiger partial charge in [0.2, 0.25) is 5.91 Å². The summed E-state index contributed by atoms with van der Waals surface area (Å²) in [7, 11) is 1.53. The van der Waals surface area contributed by atoms with Crippen molar-refractivity contribution in [2.24, 2.45) is 0 Å². The quantitative estimate of drug-likeness (QED) is 0.718. The molecule has 2 rings (SSSR count). The molecule has 0 aliphatic heterocycles. The Hall–Kier alpha value is -1.92. The second-order valence-electron chi connectivity index (χ2n) is 6.32. The number of aromatic nitrogens is 1. The van der Waals surface area contributed by atoms with E-state index in [2.05, 4.69) is 24.9 Å². The van der Waals surface area contributed by atoms with Gasteiger partial charge in [-0.3, -0.25) is 4.79 Å². The van der Waals surface area contributed by atoms with Crippen molar-refractivity contribution in [3.05, 3.63) is 45.4 Å². The summed E-state index contributed by atoms with van der Waals surface area (Å²) in [6, 6.07) is 6.16. The summed E-state index contributed by atoms with van der Waals surface area (Å²) in [6.45, 7) is 9.14. The maximum absolute atomic E-state index is 12.1. The molecule has 1 heterocycles. The first-order chi connectivity index (χ1) is 11.9. The van der Waals surface area contributed by atoms with Crippen LogP contribution < -0.4 is 4.74 Å². The minimum atomic E-state index is -0.0292. The van der Waals surface area contributed by atoms with Gasteiger partial charge in [-0.1, -0.05) is 6.07 Å². The number of nitrogens with zero attached hydrogens (tertiary/aromatic N) is 2. The highest BCUT2D eigenvalue weighted by Crippen LogP contribution is 2.19. The minimum Gasteiger partial charge on any atom is -0.486 e. The largest absolute Gasteiger partial charge is 0.486 e. The molecule has 0 spiro atoms. The van der Waals surface area contributed by atoms with E-state index in [0.717, 1.165) is 16.5 Å². The van der Waals surface area contributed by atoms with Crippen LogP contribution in [0.5, 0.6) is 5.75 Å². The number of ether oxygens (including phenoxy) is 2. The molecule has 0 N–H and O–H groups in total. The first-order valence-corrected chi connectivity index (χ1v) is 9.20. The lowest BCUT2D eigenvalue weighted by atomic mass is 10.1. The fourth-order valence-corrected chi connectivity index (χ4v) is 3.07. The molecule has 6 heteroatoms. The molecule has 136 valence electrons. The number of rotatable bonds is 8. The maximum Gasteiger partial charge on any atom is 0.249 e. The van der Waals surface area contributed by atoms with E-state index >= 15 is 0 Å². The topological polar surface area (TPSA) is 51.7 Å². The average Bonchev–Trinajstić information content (AvgIpc) is 3.01. The zero-order valence-electron chi connectivity index (χ0n) is 15.5. The smallest absolute Gasteiger partial charge is 0.249 e. The number of amides is 1. The van der Waals surface area contributed by atoms with E-state index in [-0.39, 0.29) is 18.6 Å². The van der Waals surface area contributed by atoms with Crippen molar-refractivity contribution < 1.29 is 14.3 Å². The number of carbonyl (C=O) groups excluding carboxylic acids is 1. The molecule has 0 radical (unpaired) electrons. The molecule has 1 amide bonds.